The molecule has 5 nitrogen and oxygen atoms in total. The average molecular weight is 315 g/mol. The van der Waals surface area contributed by atoms with Crippen LogP contribution in [0.4, 0.5) is 11.4 Å². The van der Waals surface area contributed by atoms with Crippen molar-refractivity contribution in [3.8, 4) is 0 Å². The first-order valence-electron chi connectivity index (χ1n) is 5.90. The Morgan fingerprint density at radius 1 is 1.25 bits per heavy atom. The van der Waals surface area contributed by atoms with E-state index in [2.05, 4.69) is 10.0 Å². The van der Waals surface area contributed by atoms with Crippen LogP contribution in [0.3, 0.4) is 0 Å². The highest BCUT2D eigenvalue weighted by atomic mass is 35.5. The largest absolute Gasteiger partial charge is 0.448 e. The third-order valence-corrected chi connectivity index (χ3v) is 3.41. The topological polar surface area (TPSA) is 71.3 Å². The Kier molecular flexibility index (Phi) is 4.25. The maximum absolute atomic E-state index is 11.2. The van der Waals surface area contributed by atoms with Gasteiger partial charge in [0.25, 0.3) is 0 Å². The molecular formula is C13H15ClN2O3S. The van der Waals surface area contributed by atoms with E-state index in [1.54, 1.807) is 24.3 Å². The fraction of sp³-hybridized carbons (Fsp3) is 0.231. The molecule has 0 aliphatic carbocycles. The van der Waals surface area contributed by atoms with E-state index in [4.69, 9.17) is 16.0 Å². The van der Waals surface area contributed by atoms with Crippen LogP contribution in [0.1, 0.15) is 11.3 Å². The summed E-state index contributed by atoms with van der Waals surface area (Å²) in [5, 5.41) is 3.53. The fourth-order valence-electron chi connectivity index (χ4n) is 1.72. The molecule has 2 rings (SSSR count). The molecule has 0 saturated heterocycles. The van der Waals surface area contributed by atoms with Crippen LogP contribution in [0.2, 0.25) is 5.22 Å². The fourth-order valence-corrected chi connectivity index (χ4v) is 2.51. The lowest BCUT2D eigenvalue weighted by Crippen LogP contribution is -2.10. The molecule has 1 aromatic heterocycles. The van der Waals surface area contributed by atoms with Crippen LogP contribution in [0, 0.1) is 6.92 Å². The predicted molar refractivity (Wildman–Crippen MR) is 80.7 cm³/mol. The first kappa shape index (κ1) is 14.7. The molecule has 2 N–H and O–H groups in total. The number of nitrogens with one attached hydrogen (secondary N) is 2. The van der Waals surface area contributed by atoms with Crippen LogP contribution in [0.15, 0.2) is 34.7 Å². The van der Waals surface area contributed by atoms with Crippen LogP contribution >= 0.6 is 11.6 Å². The van der Waals surface area contributed by atoms with Gasteiger partial charge < -0.3 is 9.73 Å². The second-order valence-electron chi connectivity index (χ2n) is 4.46. The van der Waals surface area contributed by atoms with Gasteiger partial charge in [0.1, 0.15) is 5.76 Å². The molecular weight excluding hydrogens is 300 g/mol. The van der Waals surface area contributed by atoms with Crippen molar-refractivity contribution in [3.63, 3.8) is 0 Å². The van der Waals surface area contributed by atoms with E-state index in [0.717, 1.165) is 23.3 Å². The van der Waals surface area contributed by atoms with Crippen molar-refractivity contribution >= 4 is 33.0 Å². The van der Waals surface area contributed by atoms with Gasteiger partial charge in [-0.1, -0.05) is 0 Å². The minimum Gasteiger partial charge on any atom is -0.448 e. The van der Waals surface area contributed by atoms with Crippen LogP contribution in [0.5, 0.6) is 0 Å². The van der Waals surface area contributed by atoms with Crippen molar-refractivity contribution in [2.24, 2.45) is 0 Å². The molecule has 0 unspecified atom stereocenters. The summed E-state index contributed by atoms with van der Waals surface area (Å²) in [5.41, 5.74) is 2.27. The molecule has 0 aliphatic rings. The molecule has 2 aromatic rings. The standard InChI is InChI=1S/C13H15ClN2O3S/c1-9-7-10(3-5-12(9)16-20(2,17)18)15-8-11-4-6-13(14)19-11/h3-7,15-16H,8H2,1-2H3. The van der Waals surface area contributed by atoms with E-state index >= 15 is 0 Å². The Labute approximate surface area is 123 Å². The second kappa shape index (κ2) is 5.76. The van der Waals surface area contributed by atoms with Crippen molar-refractivity contribution in [2.45, 2.75) is 13.5 Å². The number of anilines is 2. The van der Waals surface area contributed by atoms with Gasteiger partial charge in [-0.25, -0.2) is 8.42 Å². The van der Waals surface area contributed by atoms with E-state index in [1.807, 2.05) is 13.0 Å². The van der Waals surface area contributed by atoms with Gasteiger partial charge in [-0.05, 0) is 54.4 Å². The number of furan rings is 1. The summed E-state index contributed by atoms with van der Waals surface area (Å²) >= 11 is 5.69. The van der Waals surface area contributed by atoms with Crippen molar-refractivity contribution in [1.82, 2.24) is 0 Å². The van der Waals surface area contributed by atoms with Gasteiger partial charge in [0, 0.05) is 5.69 Å². The Balaban J connectivity index is 2.05. The molecule has 0 bridgehead atoms. The summed E-state index contributed by atoms with van der Waals surface area (Å²) in [6, 6.07) is 8.85. The number of sulfonamides is 1. The molecule has 0 saturated carbocycles. The second-order valence-corrected chi connectivity index (χ2v) is 6.58. The molecule has 0 aliphatic heterocycles. The summed E-state index contributed by atoms with van der Waals surface area (Å²) < 4.78 is 30.1. The van der Waals surface area contributed by atoms with Crippen molar-refractivity contribution in [3.05, 3.63) is 46.9 Å². The summed E-state index contributed by atoms with van der Waals surface area (Å²) in [6.07, 6.45) is 1.12. The molecule has 7 heteroatoms. The Morgan fingerprint density at radius 2 is 2.00 bits per heavy atom. The van der Waals surface area contributed by atoms with Gasteiger partial charge in [0.05, 0.1) is 18.5 Å². The number of aryl methyl sites for hydroxylation is 1. The number of hydrogen-bond donors (Lipinski definition) is 2. The number of rotatable bonds is 5. The van der Waals surface area contributed by atoms with Crippen molar-refractivity contribution in [1.29, 1.82) is 0 Å². The van der Waals surface area contributed by atoms with Gasteiger partial charge in [0.15, 0.2) is 5.22 Å². The lowest BCUT2D eigenvalue weighted by Gasteiger charge is -2.10. The number of benzene rings is 1. The van der Waals surface area contributed by atoms with Crippen molar-refractivity contribution in [2.75, 3.05) is 16.3 Å². The van der Waals surface area contributed by atoms with Gasteiger partial charge in [-0.2, -0.15) is 0 Å². The predicted octanol–water partition coefficient (Wildman–Crippen LogP) is 3.23. The molecule has 0 radical (unpaired) electrons. The summed E-state index contributed by atoms with van der Waals surface area (Å²) in [7, 11) is -3.27. The van der Waals surface area contributed by atoms with E-state index in [1.165, 1.54) is 0 Å². The minimum absolute atomic E-state index is 0.352. The average Bonchev–Trinajstić information content (AvgIpc) is 2.74. The normalized spacial score (nSPS) is 11.3. The molecule has 0 atom stereocenters. The first-order valence-corrected chi connectivity index (χ1v) is 8.17. The Morgan fingerprint density at radius 3 is 2.55 bits per heavy atom. The zero-order valence-corrected chi connectivity index (χ0v) is 12.7. The molecule has 0 amide bonds. The third kappa shape index (κ3) is 4.18. The number of halogens is 1. The summed E-state index contributed by atoms with van der Waals surface area (Å²) in [6.45, 7) is 2.34. The van der Waals surface area contributed by atoms with Crippen molar-refractivity contribution < 1.29 is 12.8 Å². The van der Waals surface area contributed by atoms with E-state index in [0.29, 0.717) is 17.5 Å². The van der Waals surface area contributed by atoms with Crippen LogP contribution in [0.25, 0.3) is 0 Å². The maximum Gasteiger partial charge on any atom is 0.229 e. The Hall–Kier alpha value is -1.66. The van der Waals surface area contributed by atoms with E-state index in [9.17, 15) is 8.42 Å². The first-order chi connectivity index (χ1) is 9.33. The molecule has 108 valence electrons. The van der Waals surface area contributed by atoms with Crippen LogP contribution in [-0.2, 0) is 16.6 Å². The molecule has 1 aromatic carbocycles. The molecule has 1 heterocycles. The van der Waals surface area contributed by atoms with Crippen LogP contribution < -0.4 is 10.0 Å². The monoisotopic (exact) mass is 314 g/mol. The molecule has 0 fully saturated rings. The van der Waals surface area contributed by atoms with Crippen LogP contribution in [-0.4, -0.2) is 14.7 Å². The highest BCUT2D eigenvalue weighted by Gasteiger charge is 2.06. The van der Waals surface area contributed by atoms with Gasteiger partial charge in [0.2, 0.25) is 10.0 Å². The molecule has 20 heavy (non-hydrogen) atoms. The highest BCUT2D eigenvalue weighted by molar-refractivity contribution is 7.92. The highest BCUT2D eigenvalue weighted by Crippen LogP contribution is 2.21. The quantitative estimate of drug-likeness (QED) is 0.889. The van der Waals surface area contributed by atoms with Gasteiger partial charge in [-0.15, -0.1) is 0 Å². The SMILES string of the molecule is Cc1cc(NCc2ccc(Cl)o2)ccc1NS(C)(=O)=O. The Bertz CT molecular complexity index is 710. The summed E-state index contributed by atoms with van der Waals surface area (Å²) in [5.74, 6) is 0.728. The van der Waals surface area contributed by atoms with Gasteiger partial charge in [-0.3, -0.25) is 4.72 Å². The maximum atomic E-state index is 11.2. The zero-order valence-electron chi connectivity index (χ0n) is 11.1. The zero-order chi connectivity index (χ0) is 14.8. The summed E-state index contributed by atoms with van der Waals surface area (Å²) in [4.78, 5) is 0. The minimum atomic E-state index is -3.27. The lowest BCUT2D eigenvalue weighted by atomic mass is 10.2. The van der Waals surface area contributed by atoms with Gasteiger partial charge >= 0.3 is 0 Å². The lowest BCUT2D eigenvalue weighted by molar-refractivity contribution is 0.520. The molecule has 0 spiro atoms. The van der Waals surface area contributed by atoms with E-state index < -0.39 is 10.0 Å². The number of hydrogen-bond acceptors (Lipinski definition) is 4. The van der Waals surface area contributed by atoms with E-state index in [-0.39, 0.29) is 0 Å². The smallest absolute Gasteiger partial charge is 0.229 e. The third-order valence-electron chi connectivity index (χ3n) is 2.62.